The van der Waals surface area contributed by atoms with Crippen molar-refractivity contribution < 1.29 is 23.0 Å². The zero-order chi connectivity index (χ0) is 21.1. The molecule has 0 saturated heterocycles. The fourth-order valence-corrected chi connectivity index (χ4v) is 2.89. The molecular weight excluding hydrogens is 407 g/mol. The summed E-state index contributed by atoms with van der Waals surface area (Å²) < 4.78 is 48.1. The molecule has 1 atom stereocenters. The molecule has 0 aliphatic rings. The van der Waals surface area contributed by atoms with E-state index in [2.05, 4.69) is 21.9 Å². The zero-order valence-corrected chi connectivity index (χ0v) is 15.9. The van der Waals surface area contributed by atoms with Gasteiger partial charge in [-0.2, -0.15) is 18.3 Å². The van der Waals surface area contributed by atoms with Crippen molar-refractivity contribution in [1.82, 2.24) is 14.8 Å². The molecule has 9 heteroatoms. The highest BCUT2D eigenvalue weighted by atomic mass is 35.5. The maximum Gasteiger partial charge on any atom is 0.416 e. The van der Waals surface area contributed by atoms with Gasteiger partial charge in [0.05, 0.1) is 12.1 Å². The molecule has 0 amide bonds. The van der Waals surface area contributed by atoms with Crippen LogP contribution in [0.25, 0.3) is 0 Å². The maximum atomic E-state index is 13.8. The van der Waals surface area contributed by atoms with Crippen molar-refractivity contribution in [3.05, 3.63) is 71.3 Å². The van der Waals surface area contributed by atoms with Crippen LogP contribution in [0.3, 0.4) is 0 Å². The number of halogens is 4. The molecule has 0 aliphatic heterocycles. The average Bonchev–Trinajstić information content (AvgIpc) is 3.16. The second-order valence-corrected chi connectivity index (χ2v) is 6.53. The smallest absolute Gasteiger partial charge is 0.416 e. The van der Waals surface area contributed by atoms with Crippen LogP contribution in [-0.2, 0) is 18.3 Å². The van der Waals surface area contributed by atoms with E-state index in [0.717, 1.165) is 12.1 Å². The molecule has 1 heterocycles. The van der Waals surface area contributed by atoms with E-state index in [0.29, 0.717) is 10.8 Å². The van der Waals surface area contributed by atoms with Gasteiger partial charge in [0.15, 0.2) is 5.60 Å². The van der Waals surface area contributed by atoms with E-state index in [-0.39, 0.29) is 12.3 Å². The van der Waals surface area contributed by atoms with Gasteiger partial charge in [-0.05, 0) is 43.3 Å². The average molecular weight is 422 g/mol. The Bertz CT molecular complexity index is 1040. The molecule has 5 nitrogen and oxygen atoms in total. The Morgan fingerprint density at radius 2 is 1.79 bits per heavy atom. The highest BCUT2D eigenvalue weighted by molar-refractivity contribution is 6.30. The molecule has 29 heavy (non-hydrogen) atoms. The summed E-state index contributed by atoms with van der Waals surface area (Å²) in [4.78, 5) is 3.74. The minimum Gasteiger partial charge on any atom is -0.457 e. The van der Waals surface area contributed by atoms with Crippen LogP contribution in [0.15, 0.2) is 55.1 Å². The van der Waals surface area contributed by atoms with E-state index in [9.17, 15) is 18.3 Å². The standard InChI is InChI=1S/C20H15ClF3N3O2/c1-2-9-19(28,11-27-13-25-12-26-27)17-8-7-16(10-18(17)20(22,23)24)29-15-5-3-14(21)4-6-15/h3-8,10,12-13,28H,11H2,1H3/t19-/m0/s1. The Kier molecular flexibility index (Phi) is 5.82. The molecular formula is C20H15ClF3N3O2. The predicted molar refractivity (Wildman–Crippen MR) is 100 cm³/mol. The Hall–Kier alpha value is -3.02. The minimum atomic E-state index is -4.75. The topological polar surface area (TPSA) is 60.2 Å². The van der Waals surface area contributed by atoms with Crippen LogP contribution in [0.2, 0.25) is 5.02 Å². The van der Waals surface area contributed by atoms with Gasteiger partial charge >= 0.3 is 6.18 Å². The number of aliphatic hydroxyl groups is 1. The Morgan fingerprint density at radius 1 is 1.10 bits per heavy atom. The Morgan fingerprint density at radius 3 is 2.38 bits per heavy atom. The summed E-state index contributed by atoms with van der Waals surface area (Å²) in [5.41, 5.74) is -3.60. The van der Waals surface area contributed by atoms with Gasteiger partial charge in [-0.15, -0.1) is 5.92 Å². The van der Waals surface area contributed by atoms with E-state index in [1.54, 1.807) is 12.1 Å². The van der Waals surface area contributed by atoms with Gasteiger partial charge in [0.25, 0.3) is 0 Å². The van der Waals surface area contributed by atoms with Crippen LogP contribution < -0.4 is 4.74 Å². The SMILES string of the molecule is CC#C[C@](O)(Cn1cncn1)c1ccc(Oc2ccc(Cl)cc2)cc1C(F)(F)F. The lowest BCUT2D eigenvalue weighted by molar-refractivity contribution is -0.140. The van der Waals surface area contributed by atoms with Crippen molar-refractivity contribution in [2.75, 3.05) is 0 Å². The molecule has 3 rings (SSSR count). The van der Waals surface area contributed by atoms with Gasteiger partial charge < -0.3 is 9.84 Å². The molecule has 1 N–H and O–H groups in total. The molecule has 0 bridgehead atoms. The Balaban J connectivity index is 2.04. The van der Waals surface area contributed by atoms with Crippen molar-refractivity contribution in [3.8, 4) is 23.3 Å². The fourth-order valence-electron chi connectivity index (χ4n) is 2.77. The molecule has 0 radical (unpaired) electrons. The van der Waals surface area contributed by atoms with E-state index in [1.165, 1.54) is 42.5 Å². The van der Waals surface area contributed by atoms with Gasteiger partial charge in [-0.25, -0.2) is 9.67 Å². The normalized spacial score (nSPS) is 13.3. The maximum absolute atomic E-state index is 13.8. The van der Waals surface area contributed by atoms with Gasteiger partial charge in [0, 0.05) is 10.6 Å². The van der Waals surface area contributed by atoms with Crippen LogP contribution in [0.4, 0.5) is 13.2 Å². The van der Waals surface area contributed by atoms with Crippen molar-refractivity contribution in [2.45, 2.75) is 25.2 Å². The van der Waals surface area contributed by atoms with Gasteiger partial charge in [0.1, 0.15) is 24.2 Å². The third kappa shape index (κ3) is 4.88. The zero-order valence-electron chi connectivity index (χ0n) is 15.1. The summed E-state index contributed by atoms with van der Waals surface area (Å²) in [5, 5.41) is 15.3. The van der Waals surface area contributed by atoms with Crippen LogP contribution in [0, 0.1) is 11.8 Å². The first-order valence-corrected chi connectivity index (χ1v) is 8.73. The second kappa shape index (κ2) is 8.15. The van der Waals surface area contributed by atoms with Crippen LogP contribution in [0.1, 0.15) is 18.1 Å². The molecule has 0 unspecified atom stereocenters. The first kappa shape index (κ1) is 20.7. The van der Waals surface area contributed by atoms with Gasteiger partial charge in [-0.1, -0.05) is 23.6 Å². The number of rotatable bonds is 5. The molecule has 150 valence electrons. The molecule has 0 fully saturated rings. The van der Waals surface area contributed by atoms with Crippen molar-refractivity contribution in [2.24, 2.45) is 0 Å². The number of hydrogen-bond acceptors (Lipinski definition) is 4. The van der Waals surface area contributed by atoms with Crippen molar-refractivity contribution >= 4 is 11.6 Å². The highest BCUT2D eigenvalue weighted by Gasteiger charge is 2.41. The summed E-state index contributed by atoms with van der Waals surface area (Å²) in [6, 6.07) is 9.50. The first-order valence-electron chi connectivity index (χ1n) is 8.35. The number of aromatic nitrogens is 3. The molecule has 0 aliphatic carbocycles. The third-order valence-corrected chi connectivity index (χ3v) is 4.23. The minimum absolute atomic E-state index is 0.0454. The lowest BCUT2D eigenvalue weighted by atomic mass is 9.89. The highest BCUT2D eigenvalue weighted by Crippen LogP contribution is 2.40. The number of benzene rings is 2. The van der Waals surface area contributed by atoms with E-state index < -0.39 is 22.9 Å². The lowest BCUT2D eigenvalue weighted by Gasteiger charge is -2.26. The quantitative estimate of drug-likeness (QED) is 0.609. The number of ether oxygens (including phenoxy) is 1. The summed E-state index contributed by atoms with van der Waals surface area (Å²) in [6.45, 7) is 1.10. The third-order valence-electron chi connectivity index (χ3n) is 3.98. The van der Waals surface area contributed by atoms with Gasteiger partial charge in [0.2, 0.25) is 0 Å². The summed E-state index contributed by atoms with van der Waals surface area (Å²) >= 11 is 5.80. The van der Waals surface area contributed by atoms with Crippen molar-refractivity contribution in [3.63, 3.8) is 0 Å². The molecule has 1 aromatic heterocycles. The second-order valence-electron chi connectivity index (χ2n) is 6.09. The summed E-state index contributed by atoms with van der Waals surface area (Å²) in [7, 11) is 0. The number of nitrogens with zero attached hydrogens (tertiary/aromatic N) is 3. The van der Waals surface area contributed by atoms with Crippen molar-refractivity contribution in [1.29, 1.82) is 0 Å². The fraction of sp³-hybridized carbons (Fsp3) is 0.200. The summed E-state index contributed by atoms with van der Waals surface area (Å²) in [6.07, 6.45) is -2.25. The van der Waals surface area contributed by atoms with Crippen LogP contribution in [0.5, 0.6) is 11.5 Å². The van der Waals surface area contributed by atoms with Gasteiger partial charge in [-0.3, -0.25) is 0 Å². The molecule has 3 aromatic rings. The Labute approximate surface area is 169 Å². The van der Waals surface area contributed by atoms with Crippen LogP contribution in [-0.4, -0.2) is 19.9 Å². The van der Waals surface area contributed by atoms with E-state index >= 15 is 0 Å². The predicted octanol–water partition coefficient (Wildman–Crippen LogP) is 4.65. The lowest BCUT2D eigenvalue weighted by Crippen LogP contribution is -2.33. The molecule has 0 spiro atoms. The molecule has 0 saturated carbocycles. The first-order chi connectivity index (χ1) is 13.7. The van der Waals surface area contributed by atoms with E-state index in [4.69, 9.17) is 16.3 Å². The number of hydrogen-bond donors (Lipinski definition) is 1. The molecule has 2 aromatic carbocycles. The summed E-state index contributed by atoms with van der Waals surface area (Å²) in [5.74, 6) is 5.22. The van der Waals surface area contributed by atoms with Crippen LogP contribution >= 0.6 is 11.6 Å². The number of alkyl halides is 3. The monoisotopic (exact) mass is 421 g/mol. The largest absolute Gasteiger partial charge is 0.457 e. The van der Waals surface area contributed by atoms with E-state index in [1.807, 2.05) is 0 Å².